The smallest absolute Gasteiger partial charge is 0.264 e. The number of pyridine rings is 1. The molecule has 1 aromatic carbocycles. The van der Waals surface area contributed by atoms with Gasteiger partial charge in [0.2, 0.25) is 0 Å². The Balaban J connectivity index is 1.49. The van der Waals surface area contributed by atoms with Gasteiger partial charge in [-0.3, -0.25) is 14.6 Å². The van der Waals surface area contributed by atoms with Gasteiger partial charge in [-0.05, 0) is 31.5 Å². The summed E-state index contributed by atoms with van der Waals surface area (Å²) in [7, 11) is 1.59. The maximum Gasteiger partial charge on any atom is 0.264 e. The zero-order chi connectivity index (χ0) is 20.8. The zero-order valence-electron chi connectivity index (χ0n) is 16.5. The molecule has 30 heavy (non-hydrogen) atoms. The lowest BCUT2D eigenvalue weighted by atomic mass is 10.1. The molecule has 4 aromatic rings. The Morgan fingerprint density at radius 2 is 2.07 bits per heavy atom. The van der Waals surface area contributed by atoms with Crippen LogP contribution in [-0.2, 0) is 0 Å². The summed E-state index contributed by atoms with van der Waals surface area (Å²) >= 11 is 1.39. The lowest BCUT2D eigenvalue weighted by Crippen LogP contribution is -2.41. The number of carbonyl (C=O) groups is 2. The van der Waals surface area contributed by atoms with Gasteiger partial charge >= 0.3 is 0 Å². The molecular formula is C22H19N3O4S. The molecule has 0 spiro atoms. The molecule has 0 unspecified atom stereocenters. The molecule has 2 amide bonds. The van der Waals surface area contributed by atoms with Gasteiger partial charge in [0, 0.05) is 43.9 Å². The SMILES string of the molecule is CNC(=O)c1c(C)oc2cc(Oc3ccnc4cc(C(=O)N5CCC5)sc34)ccc12. The van der Waals surface area contributed by atoms with Gasteiger partial charge in [0.25, 0.3) is 11.8 Å². The third kappa shape index (κ3) is 3.00. The number of rotatable bonds is 4. The van der Waals surface area contributed by atoms with Crippen molar-refractivity contribution in [3.63, 3.8) is 0 Å². The molecule has 1 aliphatic rings. The van der Waals surface area contributed by atoms with E-state index in [2.05, 4.69) is 10.3 Å². The van der Waals surface area contributed by atoms with Crippen LogP contribution in [0.2, 0.25) is 0 Å². The summed E-state index contributed by atoms with van der Waals surface area (Å²) in [6, 6.07) is 8.99. The van der Waals surface area contributed by atoms with Crippen molar-refractivity contribution in [1.82, 2.24) is 15.2 Å². The third-order valence-corrected chi connectivity index (χ3v) is 6.38. The summed E-state index contributed by atoms with van der Waals surface area (Å²) in [6.45, 7) is 3.38. The molecule has 3 aromatic heterocycles. The van der Waals surface area contributed by atoms with Gasteiger partial charge in [0.1, 0.15) is 22.8 Å². The molecule has 0 atom stereocenters. The minimum Gasteiger partial charge on any atom is -0.460 e. The van der Waals surface area contributed by atoms with Crippen molar-refractivity contribution in [1.29, 1.82) is 0 Å². The maximum absolute atomic E-state index is 12.5. The molecule has 5 rings (SSSR count). The summed E-state index contributed by atoms with van der Waals surface area (Å²) < 4.78 is 12.7. The van der Waals surface area contributed by atoms with Crippen LogP contribution in [-0.4, -0.2) is 41.8 Å². The van der Waals surface area contributed by atoms with Crippen LogP contribution in [0.5, 0.6) is 11.5 Å². The van der Waals surface area contributed by atoms with E-state index in [-0.39, 0.29) is 11.8 Å². The van der Waals surface area contributed by atoms with Gasteiger partial charge < -0.3 is 19.4 Å². The highest BCUT2D eigenvalue weighted by Gasteiger charge is 2.24. The van der Waals surface area contributed by atoms with E-state index in [0.717, 1.165) is 35.1 Å². The quantitative estimate of drug-likeness (QED) is 0.530. The number of aromatic nitrogens is 1. The Hall–Kier alpha value is -3.39. The van der Waals surface area contributed by atoms with Gasteiger partial charge in [-0.2, -0.15) is 0 Å². The Morgan fingerprint density at radius 3 is 2.80 bits per heavy atom. The fourth-order valence-corrected chi connectivity index (χ4v) is 4.61. The Labute approximate surface area is 176 Å². The van der Waals surface area contributed by atoms with E-state index in [1.807, 2.05) is 17.0 Å². The highest BCUT2D eigenvalue weighted by molar-refractivity contribution is 7.21. The lowest BCUT2D eigenvalue weighted by Gasteiger charge is -2.30. The van der Waals surface area contributed by atoms with E-state index in [0.29, 0.717) is 33.3 Å². The Morgan fingerprint density at radius 1 is 1.23 bits per heavy atom. The highest BCUT2D eigenvalue weighted by atomic mass is 32.1. The zero-order valence-corrected chi connectivity index (χ0v) is 17.3. The van der Waals surface area contributed by atoms with Crippen LogP contribution in [0.1, 0.15) is 32.2 Å². The lowest BCUT2D eigenvalue weighted by molar-refractivity contribution is 0.0657. The topological polar surface area (TPSA) is 84.7 Å². The van der Waals surface area contributed by atoms with Crippen molar-refractivity contribution in [2.24, 2.45) is 0 Å². The van der Waals surface area contributed by atoms with Crippen LogP contribution < -0.4 is 10.1 Å². The number of nitrogens with one attached hydrogen (secondary N) is 1. The molecule has 152 valence electrons. The highest BCUT2D eigenvalue weighted by Crippen LogP contribution is 2.37. The Bertz CT molecular complexity index is 1300. The molecule has 4 heterocycles. The second-order valence-corrected chi connectivity index (χ2v) is 8.20. The number of likely N-dealkylation sites (tertiary alicyclic amines) is 1. The number of furan rings is 1. The van der Waals surface area contributed by atoms with Crippen LogP contribution in [0.3, 0.4) is 0 Å². The molecule has 8 heteroatoms. The van der Waals surface area contributed by atoms with Gasteiger partial charge in [0.15, 0.2) is 0 Å². The predicted molar refractivity (Wildman–Crippen MR) is 115 cm³/mol. The van der Waals surface area contributed by atoms with Gasteiger partial charge in [-0.25, -0.2) is 0 Å². The molecule has 1 fully saturated rings. The van der Waals surface area contributed by atoms with E-state index in [1.54, 1.807) is 38.4 Å². The number of carbonyl (C=O) groups excluding carboxylic acids is 2. The standard InChI is InChI=1S/C22H19N3O4S/c1-12-19(21(26)23-2)14-5-4-13(10-17(14)28-12)29-16-6-7-24-15-11-18(30-20(15)16)22(27)25-8-3-9-25/h4-7,10-11H,3,8-9H2,1-2H3,(H,23,26). The number of ether oxygens (including phenoxy) is 1. The minimum absolute atomic E-state index is 0.0458. The number of hydrogen-bond acceptors (Lipinski definition) is 6. The van der Waals surface area contributed by atoms with Gasteiger partial charge in [-0.15, -0.1) is 11.3 Å². The van der Waals surface area contributed by atoms with Crippen molar-refractivity contribution in [3.05, 3.63) is 52.7 Å². The van der Waals surface area contributed by atoms with E-state index in [1.165, 1.54) is 11.3 Å². The van der Waals surface area contributed by atoms with Gasteiger partial charge in [0.05, 0.1) is 20.7 Å². The largest absolute Gasteiger partial charge is 0.460 e. The molecular weight excluding hydrogens is 402 g/mol. The minimum atomic E-state index is -0.186. The summed E-state index contributed by atoms with van der Waals surface area (Å²) in [5, 5.41) is 3.37. The first-order valence-corrected chi connectivity index (χ1v) is 10.5. The fourth-order valence-electron chi connectivity index (χ4n) is 3.57. The molecule has 0 saturated carbocycles. The monoisotopic (exact) mass is 421 g/mol. The molecule has 0 aliphatic carbocycles. The predicted octanol–water partition coefficient (Wildman–Crippen LogP) is 4.35. The number of fused-ring (bicyclic) bond motifs is 2. The normalized spacial score (nSPS) is 13.5. The second-order valence-electron chi connectivity index (χ2n) is 7.15. The van der Waals surface area contributed by atoms with Crippen LogP contribution in [0.4, 0.5) is 0 Å². The number of benzene rings is 1. The summed E-state index contributed by atoms with van der Waals surface area (Å²) in [4.78, 5) is 31.6. The van der Waals surface area contributed by atoms with E-state index >= 15 is 0 Å². The van der Waals surface area contributed by atoms with Crippen molar-refractivity contribution in [2.45, 2.75) is 13.3 Å². The first-order chi connectivity index (χ1) is 14.5. The molecule has 1 aliphatic heterocycles. The van der Waals surface area contributed by atoms with E-state index in [4.69, 9.17) is 9.15 Å². The molecule has 0 bridgehead atoms. The average Bonchev–Trinajstić information content (AvgIpc) is 3.27. The van der Waals surface area contributed by atoms with Crippen LogP contribution in [0.25, 0.3) is 21.2 Å². The number of hydrogen-bond donors (Lipinski definition) is 1. The van der Waals surface area contributed by atoms with Crippen molar-refractivity contribution >= 4 is 44.3 Å². The summed E-state index contributed by atoms with van der Waals surface area (Å²) in [5.74, 6) is 1.62. The maximum atomic E-state index is 12.5. The fraction of sp³-hybridized carbons (Fsp3) is 0.227. The summed E-state index contributed by atoms with van der Waals surface area (Å²) in [6.07, 6.45) is 2.72. The molecule has 7 nitrogen and oxygen atoms in total. The summed E-state index contributed by atoms with van der Waals surface area (Å²) in [5.41, 5.74) is 1.84. The molecule has 1 N–H and O–H groups in total. The van der Waals surface area contributed by atoms with Crippen LogP contribution in [0, 0.1) is 6.92 Å². The van der Waals surface area contributed by atoms with Crippen LogP contribution in [0.15, 0.2) is 40.9 Å². The number of thiophene rings is 1. The number of amides is 2. The van der Waals surface area contributed by atoms with Crippen LogP contribution >= 0.6 is 11.3 Å². The molecule has 1 saturated heterocycles. The van der Waals surface area contributed by atoms with E-state index < -0.39 is 0 Å². The first kappa shape index (κ1) is 18.6. The van der Waals surface area contributed by atoms with Gasteiger partial charge in [-0.1, -0.05) is 0 Å². The van der Waals surface area contributed by atoms with Crippen molar-refractivity contribution in [2.75, 3.05) is 20.1 Å². The molecule has 0 radical (unpaired) electrons. The number of aryl methyl sites for hydroxylation is 1. The first-order valence-electron chi connectivity index (χ1n) is 9.66. The third-order valence-electron chi connectivity index (χ3n) is 5.25. The Kier molecular flexibility index (Phi) is 4.43. The van der Waals surface area contributed by atoms with E-state index in [9.17, 15) is 9.59 Å². The second kappa shape index (κ2) is 7.14. The van der Waals surface area contributed by atoms with Crippen molar-refractivity contribution in [3.8, 4) is 11.5 Å². The van der Waals surface area contributed by atoms with Crippen molar-refractivity contribution < 1.29 is 18.7 Å². The average molecular weight is 421 g/mol. The number of nitrogens with zero attached hydrogens (tertiary/aromatic N) is 2.